The predicted molar refractivity (Wildman–Crippen MR) is 48.9 cm³/mol. The van der Waals surface area contributed by atoms with Crippen LogP contribution in [0.25, 0.3) is 11.2 Å². The van der Waals surface area contributed by atoms with Gasteiger partial charge in [0.05, 0.1) is 0 Å². The Morgan fingerprint density at radius 2 is 2.08 bits per heavy atom. The summed E-state index contributed by atoms with van der Waals surface area (Å²) in [5, 5.41) is 0.0620. The molecule has 68 valence electrons. The van der Waals surface area contributed by atoms with Crippen LogP contribution >= 0.6 is 11.6 Å². The molecule has 0 aliphatic carbocycles. The van der Waals surface area contributed by atoms with Crippen molar-refractivity contribution in [2.24, 2.45) is 5.84 Å². The predicted octanol–water partition coefficient (Wildman–Crippen LogP) is -0.126. The number of halogens is 1. The number of nitrogens with one attached hydrogen (secondary N) is 2. The molecule has 0 radical (unpaired) electrons. The van der Waals surface area contributed by atoms with Crippen molar-refractivity contribution in [2.45, 2.75) is 0 Å². The Labute approximate surface area is 77.5 Å². The molecule has 0 unspecified atom stereocenters. The van der Waals surface area contributed by atoms with E-state index >= 15 is 0 Å². The number of nitrogens with two attached hydrogens (primary N) is 2. The fourth-order valence-electron chi connectivity index (χ4n) is 0.993. The van der Waals surface area contributed by atoms with Crippen LogP contribution in [0.15, 0.2) is 0 Å². The molecule has 0 amide bonds. The normalized spacial score (nSPS) is 10.6. The van der Waals surface area contributed by atoms with Crippen molar-refractivity contribution in [2.75, 3.05) is 11.2 Å². The highest BCUT2D eigenvalue weighted by Gasteiger charge is 2.09. The third-order valence-corrected chi connectivity index (χ3v) is 1.65. The zero-order valence-electron chi connectivity index (χ0n) is 6.37. The maximum atomic E-state index is 5.60. The van der Waals surface area contributed by atoms with E-state index in [9.17, 15) is 0 Å². The monoisotopic (exact) mass is 199 g/mol. The Morgan fingerprint density at radius 3 is 2.77 bits per heavy atom. The zero-order valence-corrected chi connectivity index (χ0v) is 7.13. The average molecular weight is 200 g/mol. The van der Waals surface area contributed by atoms with E-state index in [4.69, 9.17) is 23.2 Å². The Bertz CT molecular complexity index is 449. The van der Waals surface area contributed by atoms with E-state index in [0.717, 1.165) is 0 Å². The van der Waals surface area contributed by atoms with Crippen molar-refractivity contribution in [3.8, 4) is 0 Å². The van der Waals surface area contributed by atoms with Crippen molar-refractivity contribution in [3.05, 3.63) is 5.28 Å². The van der Waals surface area contributed by atoms with Crippen LogP contribution < -0.4 is 17.0 Å². The van der Waals surface area contributed by atoms with Crippen molar-refractivity contribution in [3.63, 3.8) is 0 Å². The Morgan fingerprint density at radius 1 is 1.31 bits per heavy atom. The maximum absolute atomic E-state index is 5.60. The molecule has 0 spiro atoms. The molecule has 0 aliphatic rings. The van der Waals surface area contributed by atoms with Gasteiger partial charge >= 0.3 is 0 Å². The number of imidazole rings is 1. The minimum absolute atomic E-state index is 0.0620. The fourth-order valence-corrected chi connectivity index (χ4v) is 1.16. The summed E-state index contributed by atoms with van der Waals surface area (Å²) in [5.41, 5.74) is 8.69. The smallest absolute Gasteiger partial charge is 0.226 e. The molecule has 2 heterocycles. The summed E-state index contributed by atoms with van der Waals surface area (Å²) >= 11 is 5.60. The largest absolute Gasteiger partial charge is 0.369 e. The van der Waals surface area contributed by atoms with Gasteiger partial charge in [-0.2, -0.15) is 15.0 Å². The molecule has 2 aromatic rings. The minimum Gasteiger partial charge on any atom is -0.369 e. The maximum Gasteiger partial charge on any atom is 0.226 e. The molecular weight excluding hydrogens is 194 g/mol. The van der Waals surface area contributed by atoms with Crippen molar-refractivity contribution in [1.29, 1.82) is 0 Å². The number of H-pyrrole nitrogens is 1. The van der Waals surface area contributed by atoms with Gasteiger partial charge in [0, 0.05) is 0 Å². The first kappa shape index (κ1) is 8.02. The summed E-state index contributed by atoms with van der Waals surface area (Å²) in [6.45, 7) is 0. The molecule has 0 fully saturated rings. The van der Waals surface area contributed by atoms with E-state index in [1.807, 2.05) is 0 Å². The average Bonchev–Trinajstić information content (AvgIpc) is 2.43. The van der Waals surface area contributed by atoms with Gasteiger partial charge in [0.1, 0.15) is 5.52 Å². The molecule has 7 nitrogen and oxygen atoms in total. The third-order valence-electron chi connectivity index (χ3n) is 1.48. The number of hydrazine groups is 1. The van der Waals surface area contributed by atoms with E-state index in [0.29, 0.717) is 17.0 Å². The highest BCUT2D eigenvalue weighted by molar-refractivity contribution is 6.28. The summed E-state index contributed by atoms with van der Waals surface area (Å²) in [5.74, 6) is 5.81. The molecule has 13 heavy (non-hydrogen) atoms. The second-order valence-corrected chi connectivity index (χ2v) is 2.64. The topological polar surface area (TPSA) is 119 Å². The van der Waals surface area contributed by atoms with Crippen LogP contribution in [0.3, 0.4) is 0 Å². The third kappa shape index (κ3) is 1.23. The fraction of sp³-hybridized carbons (Fsp3) is 0. The minimum atomic E-state index is 0.0620. The van der Waals surface area contributed by atoms with E-state index < -0.39 is 0 Å². The van der Waals surface area contributed by atoms with Gasteiger partial charge in [-0.25, -0.2) is 5.84 Å². The van der Waals surface area contributed by atoms with Gasteiger partial charge in [-0.1, -0.05) is 0 Å². The SMILES string of the molecule is NNc1nc(Cl)nc2nc(N)[nH]c12. The lowest BCUT2D eigenvalue weighted by Gasteiger charge is -1.98. The van der Waals surface area contributed by atoms with E-state index in [2.05, 4.69) is 25.4 Å². The van der Waals surface area contributed by atoms with E-state index in [1.165, 1.54) is 0 Å². The molecule has 0 saturated carbocycles. The molecule has 6 N–H and O–H groups in total. The van der Waals surface area contributed by atoms with Crippen LogP contribution in [0.5, 0.6) is 0 Å². The second kappa shape index (κ2) is 2.71. The molecular formula is C5H6ClN7. The van der Waals surface area contributed by atoms with E-state index in [1.54, 1.807) is 0 Å². The lowest BCUT2D eigenvalue weighted by Crippen LogP contribution is -2.09. The van der Waals surface area contributed by atoms with Crippen LogP contribution in [-0.4, -0.2) is 19.9 Å². The number of nitrogens with zero attached hydrogens (tertiary/aromatic N) is 3. The van der Waals surface area contributed by atoms with Gasteiger partial charge in [0.25, 0.3) is 0 Å². The van der Waals surface area contributed by atoms with Crippen LogP contribution in [0, 0.1) is 0 Å². The summed E-state index contributed by atoms with van der Waals surface area (Å²) in [6, 6.07) is 0. The molecule has 2 aromatic heterocycles. The summed E-state index contributed by atoms with van der Waals surface area (Å²) in [7, 11) is 0. The number of hydrogen-bond acceptors (Lipinski definition) is 6. The van der Waals surface area contributed by atoms with Crippen LogP contribution in [-0.2, 0) is 0 Å². The first-order valence-corrected chi connectivity index (χ1v) is 3.74. The van der Waals surface area contributed by atoms with Crippen LogP contribution in [0.1, 0.15) is 0 Å². The summed E-state index contributed by atoms with van der Waals surface area (Å²) in [4.78, 5) is 14.3. The second-order valence-electron chi connectivity index (χ2n) is 2.31. The van der Waals surface area contributed by atoms with Crippen molar-refractivity contribution >= 4 is 34.5 Å². The molecule has 0 aliphatic heterocycles. The molecule has 0 aromatic carbocycles. The lowest BCUT2D eigenvalue weighted by molar-refractivity contribution is 1.17. The first-order chi connectivity index (χ1) is 6.20. The molecule has 0 bridgehead atoms. The Hall–Kier alpha value is -1.60. The van der Waals surface area contributed by atoms with Gasteiger partial charge < -0.3 is 16.1 Å². The number of rotatable bonds is 1. The number of anilines is 2. The Balaban J connectivity index is 2.80. The highest BCUT2D eigenvalue weighted by atomic mass is 35.5. The number of hydrogen-bond donors (Lipinski definition) is 4. The standard InChI is InChI=1S/C5H6ClN7/c6-4-10-2-1(3(11-4)13-8)9-5(7)12-2/h8H2,(H4,7,9,10,11,12,13). The number of nitrogen functional groups attached to an aromatic ring is 2. The number of aromatic nitrogens is 4. The highest BCUT2D eigenvalue weighted by Crippen LogP contribution is 2.19. The summed E-state index contributed by atoms with van der Waals surface area (Å²) in [6.07, 6.45) is 0. The van der Waals surface area contributed by atoms with Gasteiger partial charge in [-0.3, -0.25) is 0 Å². The lowest BCUT2D eigenvalue weighted by atomic mass is 10.5. The van der Waals surface area contributed by atoms with Gasteiger partial charge in [0.15, 0.2) is 17.4 Å². The molecule has 2 rings (SSSR count). The summed E-state index contributed by atoms with van der Waals surface area (Å²) < 4.78 is 0. The van der Waals surface area contributed by atoms with Crippen molar-refractivity contribution in [1.82, 2.24) is 19.9 Å². The van der Waals surface area contributed by atoms with Crippen molar-refractivity contribution < 1.29 is 0 Å². The van der Waals surface area contributed by atoms with Gasteiger partial charge in [-0.05, 0) is 11.6 Å². The first-order valence-electron chi connectivity index (χ1n) is 3.36. The molecule has 0 atom stereocenters. The quantitative estimate of drug-likeness (QED) is 0.289. The molecule has 8 heteroatoms. The Kier molecular flexibility index (Phi) is 1.67. The van der Waals surface area contributed by atoms with Gasteiger partial charge in [-0.15, -0.1) is 0 Å². The number of aromatic amines is 1. The number of fused-ring (bicyclic) bond motifs is 1. The molecule has 0 saturated heterocycles. The van der Waals surface area contributed by atoms with Crippen LogP contribution in [0.4, 0.5) is 11.8 Å². The van der Waals surface area contributed by atoms with Gasteiger partial charge in [0.2, 0.25) is 5.28 Å². The van der Waals surface area contributed by atoms with E-state index in [-0.39, 0.29) is 11.2 Å². The zero-order chi connectivity index (χ0) is 9.42. The van der Waals surface area contributed by atoms with Crippen LogP contribution in [0.2, 0.25) is 5.28 Å².